The first-order valence-electron chi connectivity index (χ1n) is 5.92. The Morgan fingerprint density at radius 1 is 1.71 bits per heavy atom. The third-order valence-electron chi connectivity index (χ3n) is 3.40. The van der Waals surface area contributed by atoms with Gasteiger partial charge in [-0.15, -0.1) is 0 Å². The molecule has 1 atom stereocenters. The molecule has 1 aromatic rings. The summed E-state index contributed by atoms with van der Waals surface area (Å²) in [6, 6.07) is -0.167. The molecule has 1 aliphatic rings. The lowest BCUT2D eigenvalue weighted by atomic mass is 10.1. The van der Waals surface area contributed by atoms with Crippen molar-refractivity contribution >= 4 is 5.97 Å². The molecule has 1 fully saturated rings. The summed E-state index contributed by atoms with van der Waals surface area (Å²) in [5.41, 5.74) is 2.25. The highest BCUT2D eigenvalue weighted by molar-refractivity contribution is 5.76. The fraction of sp³-hybridized carbons (Fsp3) is 0.667. The summed E-state index contributed by atoms with van der Waals surface area (Å²) in [5, 5.41) is 7.46. The van der Waals surface area contributed by atoms with Crippen LogP contribution < -0.4 is 5.32 Å². The van der Waals surface area contributed by atoms with Crippen molar-refractivity contribution in [3.05, 3.63) is 17.5 Å². The van der Waals surface area contributed by atoms with Crippen molar-refractivity contribution < 1.29 is 9.53 Å². The van der Waals surface area contributed by atoms with E-state index in [9.17, 15) is 4.79 Å². The fourth-order valence-corrected chi connectivity index (χ4v) is 1.94. The zero-order chi connectivity index (χ0) is 12.4. The van der Waals surface area contributed by atoms with Crippen LogP contribution >= 0.6 is 0 Å². The van der Waals surface area contributed by atoms with Crippen molar-refractivity contribution in [1.29, 1.82) is 0 Å². The summed E-state index contributed by atoms with van der Waals surface area (Å²) in [6.45, 7) is 2.68. The molecule has 17 heavy (non-hydrogen) atoms. The molecule has 0 bridgehead atoms. The predicted octanol–water partition coefficient (Wildman–Crippen LogP) is 0.770. The maximum atomic E-state index is 11.6. The van der Waals surface area contributed by atoms with Crippen molar-refractivity contribution in [2.24, 2.45) is 13.0 Å². The molecular weight excluding hydrogens is 218 g/mol. The molecule has 0 aliphatic heterocycles. The maximum Gasteiger partial charge on any atom is 0.323 e. The number of nitrogens with zero attached hydrogens (tertiary/aromatic N) is 2. The molecule has 94 valence electrons. The van der Waals surface area contributed by atoms with Crippen LogP contribution in [0.3, 0.4) is 0 Å². The number of ether oxygens (including phenoxy) is 1. The average molecular weight is 237 g/mol. The number of hydrogen-bond donors (Lipinski definition) is 1. The molecule has 1 unspecified atom stereocenters. The molecular formula is C12H19N3O2. The van der Waals surface area contributed by atoms with E-state index in [1.54, 1.807) is 0 Å². The van der Waals surface area contributed by atoms with Crippen LogP contribution in [0.2, 0.25) is 0 Å². The number of aryl methyl sites for hydroxylation is 1. The van der Waals surface area contributed by atoms with Gasteiger partial charge in [-0.1, -0.05) is 0 Å². The minimum Gasteiger partial charge on any atom is -0.468 e. The Kier molecular flexibility index (Phi) is 3.47. The van der Waals surface area contributed by atoms with Crippen LogP contribution in [0, 0.1) is 12.8 Å². The van der Waals surface area contributed by atoms with Crippen LogP contribution in [0.15, 0.2) is 6.20 Å². The third kappa shape index (κ3) is 2.66. The lowest BCUT2D eigenvalue weighted by Gasteiger charge is -2.15. The van der Waals surface area contributed by atoms with Crippen LogP contribution in [0.25, 0.3) is 0 Å². The number of hydrogen-bond acceptors (Lipinski definition) is 4. The monoisotopic (exact) mass is 237 g/mol. The third-order valence-corrected chi connectivity index (χ3v) is 3.40. The molecule has 5 heteroatoms. The van der Waals surface area contributed by atoms with E-state index in [1.807, 2.05) is 24.9 Å². The topological polar surface area (TPSA) is 56.1 Å². The molecule has 5 nitrogen and oxygen atoms in total. The van der Waals surface area contributed by atoms with Gasteiger partial charge >= 0.3 is 5.97 Å². The van der Waals surface area contributed by atoms with E-state index in [0.29, 0.717) is 12.5 Å². The zero-order valence-corrected chi connectivity index (χ0v) is 10.6. The van der Waals surface area contributed by atoms with Gasteiger partial charge in [-0.05, 0) is 25.7 Å². The number of esters is 1. The van der Waals surface area contributed by atoms with E-state index in [4.69, 9.17) is 4.74 Å². The van der Waals surface area contributed by atoms with Gasteiger partial charge in [-0.25, -0.2) is 0 Å². The van der Waals surface area contributed by atoms with Crippen LogP contribution in [0.1, 0.15) is 24.1 Å². The van der Waals surface area contributed by atoms with Crippen LogP contribution in [-0.4, -0.2) is 28.9 Å². The van der Waals surface area contributed by atoms with Crippen LogP contribution in [0.4, 0.5) is 0 Å². The molecule has 0 spiro atoms. The Morgan fingerprint density at radius 2 is 2.41 bits per heavy atom. The Morgan fingerprint density at radius 3 is 2.88 bits per heavy atom. The van der Waals surface area contributed by atoms with Gasteiger partial charge in [0.05, 0.1) is 13.3 Å². The summed E-state index contributed by atoms with van der Waals surface area (Å²) in [5.74, 6) is 0.286. The summed E-state index contributed by atoms with van der Waals surface area (Å²) >= 11 is 0. The van der Waals surface area contributed by atoms with Gasteiger partial charge in [0.25, 0.3) is 0 Å². The summed E-state index contributed by atoms with van der Waals surface area (Å²) in [7, 11) is 3.35. The van der Waals surface area contributed by atoms with E-state index in [-0.39, 0.29) is 12.0 Å². The van der Waals surface area contributed by atoms with Gasteiger partial charge in [0, 0.05) is 24.8 Å². The van der Waals surface area contributed by atoms with E-state index in [1.165, 1.54) is 7.11 Å². The summed E-state index contributed by atoms with van der Waals surface area (Å²) in [6.07, 6.45) is 4.06. The van der Waals surface area contributed by atoms with Gasteiger partial charge in [0.15, 0.2) is 0 Å². The van der Waals surface area contributed by atoms with Gasteiger partial charge in [0.1, 0.15) is 6.04 Å². The van der Waals surface area contributed by atoms with Gasteiger partial charge in [0.2, 0.25) is 0 Å². The Balaban J connectivity index is 1.95. The molecule has 2 rings (SSSR count). The summed E-state index contributed by atoms with van der Waals surface area (Å²) in [4.78, 5) is 11.6. The zero-order valence-electron chi connectivity index (χ0n) is 10.6. The van der Waals surface area contributed by atoms with Crippen molar-refractivity contribution in [3.8, 4) is 0 Å². The van der Waals surface area contributed by atoms with E-state index in [0.717, 1.165) is 24.1 Å². The molecule has 1 saturated carbocycles. The SMILES string of the molecule is COC(=O)C(NCc1cnn(C)c1C)C1CC1. The van der Waals surface area contributed by atoms with Gasteiger partial charge in [-0.3, -0.25) is 14.8 Å². The second kappa shape index (κ2) is 4.87. The maximum absolute atomic E-state index is 11.6. The summed E-state index contributed by atoms with van der Waals surface area (Å²) < 4.78 is 6.65. The highest BCUT2D eigenvalue weighted by Gasteiger charge is 2.36. The molecule has 1 heterocycles. The molecule has 0 aromatic carbocycles. The molecule has 0 radical (unpaired) electrons. The first-order valence-corrected chi connectivity index (χ1v) is 5.92. The molecule has 1 N–H and O–H groups in total. The standard InChI is InChI=1S/C12H19N3O2/c1-8-10(7-14-15(8)2)6-13-11(9-4-5-9)12(16)17-3/h7,9,11,13H,4-6H2,1-3H3. The van der Waals surface area contributed by atoms with E-state index < -0.39 is 0 Å². The van der Waals surface area contributed by atoms with Crippen molar-refractivity contribution in [1.82, 2.24) is 15.1 Å². The lowest BCUT2D eigenvalue weighted by Crippen LogP contribution is -2.39. The second-order valence-electron chi connectivity index (χ2n) is 4.60. The molecule has 0 amide bonds. The predicted molar refractivity (Wildman–Crippen MR) is 63.3 cm³/mol. The number of methoxy groups -OCH3 is 1. The van der Waals surface area contributed by atoms with Crippen LogP contribution in [-0.2, 0) is 23.1 Å². The molecule has 1 aromatic heterocycles. The largest absolute Gasteiger partial charge is 0.468 e. The Bertz CT molecular complexity index is 410. The Labute approximate surface area is 101 Å². The first-order chi connectivity index (χ1) is 8.13. The highest BCUT2D eigenvalue weighted by atomic mass is 16.5. The quantitative estimate of drug-likeness (QED) is 0.769. The first kappa shape index (κ1) is 12.1. The number of carbonyl (C=O) groups is 1. The van der Waals surface area contributed by atoms with Crippen molar-refractivity contribution in [2.75, 3.05) is 7.11 Å². The average Bonchev–Trinajstić information content (AvgIpc) is 3.11. The second-order valence-corrected chi connectivity index (χ2v) is 4.60. The fourth-order valence-electron chi connectivity index (χ4n) is 1.94. The molecule has 0 saturated heterocycles. The number of nitrogens with one attached hydrogen (secondary N) is 1. The van der Waals surface area contributed by atoms with Gasteiger partial charge < -0.3 is 4.74 Å². The van der Waals surface area contributed by atoms with Crippen molar-refractivity contribution in [3.63, 3.8) is 0 Å². The number of carbonyl (C=O) groups excluding carboxylic acids is 1. The van der Waals surface area contributed by atoms with Crippen molar-refractivity contribution in [2.45, 2.75) is 32.4 Å². The highest BCUT2D eigenvalue weighted by Crippen LogP contribution is 2.33. The minimum absolute atomic E-state index is 0.158. The van der Waals surface area contributed by atoms with Gasteiger partial charge in [-0.2, -0.15) is 5.10 Å². The number of aromatic nitrogens is 2. The van der Waals surface area contributed by atoms with E-state index >= 15 is 0 Å². The molecule has 1 aliphatic carbocycles. The number of rotatable bonds is 5. The normalized spacial score (nSPS) is 16.9. The Hall–Kier alpha value is -1.36. The minimum atomic E-state index is -0.167. The smallest absolute Gasteiger partial charge is 0.323 e. The van der Waals surface area contributed by atoms with E-state index in [2.05, 4.69) is 10.4 Å². The lowest BCUT2D eigenvalue weighted by molar-refractivity contribution is -0.143. The van der Waals surface area contributed by atoms with Crippen LogP contribution in [0.5, 0.6) is 0 Å².